The molecule has 1 aliphatic heterocycles. The monoisotopic (exact) mass is 477 g/mol. The third kappa shape index (κ3) is 6.56. The van der Waals surface area contributed by atoms with Crippen molar-refractivity contribution < 1.29 is 27.5 Å². The molecule has 2 N–H and O–H groups in total. The number of nitrogens with zero attached hydrogens (tertiary/aromatic N) is 1. The first-order valence-electron chi connectivity index (χ1n) is 11.2. The average Bonchev–Trinajstić information content (AvgIpc) is 3.34. The molecule has 180 valence electrons. The van der Waals surface area contributed by atoms with E-state index in [4.69, 9.17) is 4.74 Å². The van der Waals surface area contributed by atoms with E-state index in [0.29, 0.717) is 13.0 Å². The first kappa shape index (κ1) is 24.8. The highest BCUT2D eigenvalue weighted by atomic mass is 32.2. The van der Waals surface area contributed by atoms with Gasteiger partial charge in [0.1, 0.15) is 6.04 Å². The predicted octanol–water partition coefficient (Wildman–Crippen LogP) is 1.57. The van der Waals surface area contributed by atoms with Crippen LogP contribution in [-0.2, 0) is 35.4 Å². The largest absolute Gasteiger partial charge is 0.454 e. The van der Waals surface area contributed by atoms with Crippen molar-refractivity contribution in [1.29, 1.82) is 0 Å². The van der Waals surface area contributed by atoms with E-state index in [1.165, 1.54) is 11.8 Å². The van der Waals surface area contributed by atoms with Crippen molar-refractivity contribution >= 4 is 38.5 Å². The number of rotatable bonds is 10. The maximum Gasteiger partial charge on any atom is 0.329 e. The third-order valence-corrected chi connectivity index (χ3v) is 7.57. The van der Waals surface area contributed by atoms with Gasteiger partial charge in [-0.2, -0.15) is 0 Å². The molecule has 0 bridgehead atoms. The maximum atomic E-state index is 12.8. The van der Waals surface area contributed by atoms with Crippen LogP contribution in [0.4, 0.5) is 0 Å². The molecule has 0 radical (unpaired) electrons. The number of fused-ring (bicyclic) bond motifs is 1. The fraction of sp³-hybridized carbons (Fsp3) is 0.522. The molecule has 1 unspecified atom stereocenters. The molecular weight excluding hydrogens is 446 g/mol. The number of sulfone groups is 1. The number of hydrogen-bond acceptors (Lipinski definition) is 6. The Hall–Kier alpha value is -2.88. The summed E-state index contributed by atoms with van der Waals surface area (Å²) in [5.41, 5.74) is 1.75. The molecule has 1 aromatic carbocycles. The molecule has 0 saturated carbocycles. The van der Waals surface area contributed by atoms with Gasteiger partial charge in [-0.15, -0.1) is 0 Å². The Morgan fingerprint density at radius 1 is 1.27 bits per heavy atom. The molecule has 2 atom stereocenters. The first-order chi connectivity index (χ1) is 15.7. The minimum absolute atomic E-state index is 0.0581. The molecular formula is C23H31N3O6S. The van der Waals surface area contributed by atoms with E-state index in [1.807, 2.05) is 31.2 Å². The lowest BCUT2D eigenvalue weighted by Crippen LogP contribution is -2.46. The van der Waals surface area contributed by atoms with Crippen LogP contribution in [0.1, 0.15) is 38.7 Å². The molecule has 2 amide bonds. The van der Waals surface area contributed by atoms with E-state index in [2.05, 4.69) is 10.3 Å². The SMILES string of the molecule is CCCCN(C(=O)COC(=O)[C@H](Cc1c[nH]c2ccccc12)NC(C)=O)C1CCS(=O)(=O)C1. The van der Waals surface area contributed by atoms with Crippen LogP contribution in [0.5, 0.6) is 0 Å². The summed E-state index contributed by atoms with van der Waals surface area (Å²) in [5, 5.41) is 3.54. The number of H-pyrrole nitrogens is 1. The maximum absolute atomic E-state index is 12.8. The summed E-state index contributed by atoms with van der Waals surface area (Å²) in [6.45, 7) is 3.21. The number of hydrogen-bond donors (Lipinski definition) is 2. The van der Waals surface area contributed by atoms with Crippen LogP contribution in [0.3, 0.4) is 0 Å². The zero-order chi connectivity index (χ0) is 24.0. The first-order valence-corrected chi connectivity index (χ1v) is 13.0. The minimum Gasteiger partial charge on any atom is -0.454 e. The molecule has 2 aromatic rings. The Morgan fingerprint density at radius 2 is 2.03 bits per heavy atom. The van der Waals surface area contributed by atoms with Crippen molar-refractivity contribution in [2.45, 2.75) is 51.6 Å². The summed E-state index contributed by atoms with van der Waals surface area (Å²) in [6.07, 6.45) is 3.95. The number of carbonyl (C=O) groups is 3. The molecule has 10 heteroatoms. The number of carbonyl (C=O) groups excluding carboxylic acids is 3. The molecule has 1 aliphatic rings. The fourth-order valence-electron chi connectivity index (χ4n) is 4.14. The number of ether oxygens (including phenoxy) is 1. The van der Waals surface area contributed by atoms with Crippen molar-refractivity contribution in [2.75, 3.05) is 24.7 Å². The molecule has 9 nitrogen and oxygen atoms in total. The van der Waals surface area contributed by atoms with E-state index in [-0.39, 0.29) is 23.8 Å². The Balaban J connectivity index is 1.66. The molecule has 1 fully saturated rings. The predicted molar refractivity (Wildman–Crippen MR) is 124 cm³/mol. The van der Waals surface area contributed by atoms with E-state index in [9.17, 15) is 22.8 Å². The minimum atomic E-state index is -3.16. The van der Waals surface area contributed by atoms with Gasteiger partial charge < -0.3 is 19.9 Å². The second kappa shape index (κ2) is 10.8. The van der Waals surface area contributed by atoms with Crippen LogP contribution < -0.4 is 5.32 Å². The average molecular weight is 478 g/mol. The Morgan fingerprint density at radius 3 is 2.70 bits per heavy atom. The highest BCUT2D eigenvalue weighted by Gasteiger charge is 2.35. The number of benzene rings is 1. The molecule has 3 rings (SSSR count). The van der Waals surface area contributed by atoms with Crippen molar-refractivity contribution in [3.63, 3.8) is 0 Å². The Labute approximate surface area is 193 Å². The second-order valence-electron chi connectivity index (χ2n) is 8.42. The van der Waals surface area contributed by atoms with Crippen molar-refractivity contribution in [3.05, 3.63) is 36.0 Å². The van der Waals surface area contributed by atoms with Crippen LogP contribution in [0.15, 0.2) is 30.5 Å². The number of esters is 1. The van der Waals surface area contributed by atoms with Crippen molar-refractivity contribution in [2.24, 2.45) is 0 Å². The molecule has 33 heavy (non-hydrogen) atoms. The van der Waals surface area contributed by atoms with Gasteiger partial charge in [-0.05, 0) is 24.5 Å². The highest BCUT2D eigenvalue weighted by molar-refractivity contribution is 7.91. The lowest BCUT2D eigenvalue weighted by Gasteiger charge is -2.28. The van der Waals surface area contributed by atoms with Crippen molar-refractivity contribution in [1.82, 2.24) is 15.2 Å². The van der Waals surface area contributed by atoms with Crippen LogP contribution in [-0.4, -0.2) is 72.8 Å². The van der Waals surface area contributed by atoms with Crippen LogP contribution in [0.25, 0.3) is 10.9 Å². The second-order valence-corrected chi connectivity index (χ2v) is 10.7. The summed E-state index contributed by atoms with van der Waals surface area (Å²) in [4.78, 5) is 42.0. The van der Waals surface area contributed by atoms with E-state index in [0.717, 1.165) is 29.3 Å². The summed E-state index contributed by atoms with van der Waals surface area (Å²) in [6, 6.07) is 6.27. The summed E-state index contributed by atoms with van der Waals surface area (Å²) >= 11 is 0. The summed E-state index contributed by atoms with van der Waals surface area (Å²) in [5.74, 6) is -1.52. The van der Waals surface area contributed by atoms with Gasteiger partial charge in [0, 0.05) is 43.0 Å². The van der Waals surface area contributed by atoms with Gasteiger partial charge in [-0.1, -0.05) is 31.5 Å². The number of aromatic amines is 1. The number of aromatic nitrogens is 1. The van der Waals surface area contributed by atoms with Gasteiger partial charge >= 0.3 is 5.97 Å². The number of nitrogens with one attached hydrogen (secondary N) is 2. The molecule has 1 saturated heterocycles. The molecule has 1 aromatic heterocycles. The zero-order valence-corrected chi connectivity index (χ0v) is 19.8. The zero-order valence-electron chi connectivity index (χ0n) is 19.0. The highest BCUT2D eigenvalue weighted by Crippen LogP contribution is 2.20. The van der Waals surface area contributed by atoms with Gasteiger partial charge in [-0.25, -0.2) is 13.2 Å². The van der Waals surface area contributed by atoms with Crippen LogP contribution in [0, 0.1) is 0 Å². The standard InChI is InChI=1S/C23H31N3O6S/c1-3-4-10-26(18-9-11-33(30,31)15-18)22(28)14-32-23(29)21(25-16(2)27)12-17-13-24-20-8-6-5-7-19(17)20/h5-8,13,18,21,24H,3-4,9-12,14-15H2,1-2H3,(H,25,27)/t18?,21-/m0/s1. The Kier molecular flexibility index (Phi) is 8.12. The van der Waals surface area contributed by atoms with Gasteiger partial charge in [-0.3, -0.25) is 9.59 Å². The number of amides is 2. The summed E-state index contributed by atoms with van der Waals surface area (Å²) in [7, 11) is -3.16. The van der Waals surface area contributed by atoms with Gasteiger partial charge in [0.2, 0.25) is 5.91 Å². The lowest BCUT2D eigenvalue weighted by atomic mass is 10.0. The van der Waals surface area contributed by atoms with E-state index in [1.54, 1.807) is 6.20 Å². The smallest absolute Gasteiger partial charge is 0.329 e. The fourth-order valence-corrected chi connectivity index (χ4v) is 5.87. The summed E-state index contributed by atoms with van der Waals surface area (Å²) < 4.78 is 29.1. The number of para-hydroxylation sites is 1. The third-order valence-electron chi connectivity index (χ3n) is 5.82. The quantitative estimate of drug-likeness (QED) is 0.501. The van der Waals surface area contributed by atoms with Crippen LogP contribution in [0.2, 0.25) is 0 Å². The van der Waals surface area contributed by atoms with Gasteiger partial charge in [0.05, 0.1) is 11.5 Å². The molecule has 2 heterocycles. The van der Waals surface area contributed by atoms with Gasteiger partial charge in [0.15, 0.2) is 16.4 Å². The topological polar surface area (TPSA) is 126 Å². The van der Waals surface area contributed by atoms with Gasteiger partial charge in [0.25, 0.3) is 5.91 Å². The Bertz CT molecular complexity index is 1110. The van der Waals surface area contributed by atoms with E-state index < -0.39 is 40.4 Å². The van der Waals surface area contributed by atoms with Crippen LogP contribution >= 0.6 is 0 Å². The molecule has 0 spiro atoms. The normalized spacial score (nSPS) is 18.1. The lowest BCUT2D eigenvalue weighted by molar-refractivity contribution is -0.155. The van der Waals surface area contributed by atoms with E-state index >= 15 is 0 Å². The number of unbranched alkanes of at least 4 members (excludes halogenated alkanes) is 1. The van der Waals surface area contributed by atoms with Crippen molar-refractivity contribution in [3.8, 4) is 0 Å². The molecule has 0 aliphatic carbocycles.